The maximum atomic E-state index is 12.4. The van der Waals surface area contributed by atoms with E-state index in [4.69, 9.17) is 10.5 Å². The smallest absolute Gasteiger partial charge is 0.251 e. The fraction of sp³-hybridized carbons (Fsp3) is 0.394. The first-order valence-electron chi connectivity index (χ1n) is 13.5. The van der Waals surface area contributed by atoms with Crippen molar-refractivity contribution in [1.29, 1.82) is 0 Å². The summed E-state index contributed by atoms with van der Waals surface area (Å²) >= 11 is 0. The molecule has 1 saturated carbocycles. The van der Waals surface area contributed by atoms with Crippen molar-refractivity contribution in [3.63, 3.8) is 0 Å². The number of rotatable bonds is 11. The molecule has 3 atom stereocenters. The molecule has 0 saturated heterocycles. The molecule has 1 aliphatic rings. The number of ether oxygens (including phenoxy) is 1. The van der Waals surface area contributed by atoms with Crippen molar-refractivity contribution < 1.29 is 14.3 Å². The Hall–Kier alpha value is -3.78. The van der Waals surface area contributed by atoms with E-state index in [-0.39, 0.29) is 11.7 Å². The molecule has 1 fully saturated rings. The van der Waals surface area contributed by atoms with Crippen LogP contribution in [0, 0.1) is 29.6 Å². The molecule has 1 aliphatic carbocycles. The number of ketones is 1. The Bertz CT molecular complexity index is 1200. The summed E-state index contributed by atoms with van der Waals surface area (Å²) in [5.74, 6) is 7.73. The van der Waals surface area contributed by atoms with E-state index in [0.717, 1.165) is 62.1 Å². The Morgan fingerprint density at radius 3 is 2.39 bits per heavy atom. The third-order valence-corrected chi connectivity index (χ3v) is 7.53. The summed E-state index contributed by atoms with van der Waals surface area (Å²) in [5.41, 5.74) is 8.29. The number of carbonyl (C=O) groups excluding carboxylic acids is 2. The predicted octanol–water partition coefficient (Wildman–Crippen LogP) is 6.66. The second kappa shape index (κ2) is 14.2. The molecule has 5 heteroatoms. The van der Waals surface area contributed by atoms with Crippen LogP contribution in [0.4, 0.5) is 0 Å². The minimum atomic E-state index is -0.507. The molecular formula is C33H40N2O3. The average molecular weight is 513 g/mol. The average Bonchev–Trinajstić information content (AvgIpc) is 3.16. The zero-order valence-corrected chi connectivity index (χ0v) is 22.9. The highest BCUT2D eigenvalue weighted by Crippen LogP contribution is 2.33. The van der Waals surface area contributed by atoms with E-state index in [1.54, 1.807) is 6.92 Å². The normalized spacial score (nSPS) is 18.6. The molecule has 3 N–H and O–H groups in total. The van der Waals surface area contributed by atoms with Crippen LogP contribution in [0.1, 0.15) is 64.9 Å². The van der Waals surface area contributed by atoms with Gasteiger partial charge in [-0.05, 0) is 92.7 Å². The van der Waals surface area contributed by atoms with Crippen molar-refractivity contribution in [1.82, 2.24) is 5.32 Å². The number of hydrogen-bond donors (Lipinski definition) is 2. The molecule has 0 heterocycles. The van der Waals surface area contributed by atoms with Gasteiger partial charge in [-0.2, -0.15) is 0 Å². The van der Waals surface area contributed by atoms with Crippen molar-refractivity contribution >= 4 is 17.3 Å². The molecular weight excluding hydrogens is 472 g/mol. The maximum Gasteiger partial charge on any atom is 0.251 e. The highest BCUT2D eigenvalue weighted by Gasteiger charge is 2.26. The van der Waals surface area contributed by atoms with Gasteiger partial charge in [0.25, 0.3) is 5.91 Å². The standard InChI is InChI=1S/C33H40N2O3/c1-5-10-31(36)28-12-9-11-26(15-16-28)23(2)21-22-35-25(4)32(33(34)37)24(3)27-17-19-30(20-18-27)38-29-13-7-6-8-14-29/h6-8,13-14,17-20,23,26,28,35H,3,9,11-12,15-16,21-22H2,1-2,4H3,(H2,34,37)/b32-25-/t23-,26?,28?/m0/s1. The van der Waals surface area contributed by atoms with Crippen LogP contribution < -0.4 is 15.8 Å². The minimum absolute atomic E-state index is 0.0889. The second-order valence-corrected chi connectivity index (χ2v) is 10.2. The molecule has 5 nitrogen and oxygen atoms in total. The lowest BCUT2D eigenvalue weighted by Gasteiger charge is -2.23. The SMILES string of the molecule is C=C(/C(C(N)=O)=C(\C)NCC[C@H](C)C1CCCC(C(=O)C#CC)CC1)c1ccc(Oc2ccccc2)cc1. The van der Waals surface area contributed by atoms with E-state index >= 15 is 0 Å². The maximum absolute atomic E-state index is 12.4. The molecule has 2 unspecified atom stereocenters. The molecule has 3 rings (SSSR count). The fourth-order valence-corrected chi connectivity index (χ4v) is 5.25. The van der Waals surface area contributed by atoms with Gasteiger partial charge in [0.15, 0.2) is 0 Å². The van der Waals surface area contributed by atoms with Gasteiger partial charge >= 0.3 is 0 Å². The first kappa shape index (κ1) is 28.8. The number of carbonyl (C=O) groups is 2. The Morgan fingerprint density at radius 1 is 1.05 bits per heavy atom. The molecule has 1 amide bonds. The summed E-state index contributed by atoms with van der Waals surface area (Å²) in [5, 5.41) is 3.41. The van der Waals surface area contributed by atoms with Gasteiger partial charge in [-0.1, -0.05) is 62.6 Å². The first-order chi connectivity index (χ1) is 18.3. The Balaban J connectivity index is 1.57. The molecule has 2 aromatic rings. The molecule has 0 radical (unpaired) electrons. The minimum Gasteiger partial charge on any atom is -0.457 e. The molecule has 0 aromatic heterocycles. The van der Waals surface area contributed by atoms with Crippen LogP contribution in [0.5, 0.6) is 11.5 Å². The number of para-hydroxylation sites is 1. The lowest BCUT2D eigenvalue weighted by molar-refractivity contribution is -0.117. The number of benzene rings is 2. The third-order valence-electron chi connectivity index (χ3n) is 7.53. The van der Waals surface area contributed by atoms with Crippen LogP contribution in [0.15, 0.2) is 72.4 Å². The molecule has 0 spiro atoms. The van der Waals surface area contributed by atoms with Gasteiger partial charge in [-0.3, -0.25) is 9.59 Å². The lowest BCUT2D eigenvalue weighted by atomic mass is 9.85. The molecule has 0 aliphatic heterocycles. The summed E-state index contributed by atoms with van der Waals surface area (Å²) in [4.78, 5) is 24.6. The Morgan fingerprint density at radius 2 is 1.74 bits per heavy atom. The van der Waals surface area contributed by atoms with Crippen LogP contribution in [-0.2, 0) is 9.59 Å². The highest BCUT2D eigenvalue weighted by atomic mass is 16.5. The lowest BCUT2D eigenvalue weighted by Crippen LogP contribution is -2.24. The topological polar surface area (TPSA) is 81.4 Å². The third kappa shape index (κ3) is 8.11. The quantitative estimate of drug-likeness (QED) is 0.116. The Kier molecular flexibility index (Phi) is 10.8. The zero-order chi connectivity index (χ0) is 27.5. The summed E-state index contributed by atoms with van der Waals surface area (Å²) < 4.78 is 5.86. The van der Waals surface area contributed by atoms with Crippen LogP contribution in [0.3, 0.4) is 0 Å². The summed E-state index contributed by atoms with van der Waals surface area (Å²) in [6.07, 6.45) is 6.12. The summed E-state index contributed by atoms with van der Waals surface area (Å²) in [7, 11) is 0. The molecule has 2 aromatic carbocycles. The molecule has 0 bridgehead atoms. The van der Waals surface area contributed by atoms with Crippen molar-refractivity contribution in [3.8, 4) is 23.3 Å². The zero-order valence-electron chi connectivity index (χ0n) is 22.9. The van der Waals surface area contributed by atoms with Gasteiger partial charge in [0, 0.05) is 18.2 Å². The van der Waals surface area contributed by atoms with Crippen LogP contribution in [0.2, 0.25) is 0 Å². The predicted molar refractivity (Wildman–Crippen MR) is 154 cm³/mol. The number of nitrogens with two attached hydrogens (primary N) is 1. The number of hydrogen-bond acceptors (Lipinski definition) is 4. The summed E-state index contributed by atoms with van der Waals surface area (Å²) in [6.45, 7) is 10.8. The van der Waals surface area contributed by atoms with Crippen LogP contribution in [-0.4, -0.2) is 18.2 Å². The van der Waals surface area contributed by atoms with Gasteiger partial charge in [0.1, 0.15) is 11.5 Å². The van der Waals surface area contributed by atoms with Crippen molar-refractivity contribution in [2.24, 2.45) is 23.5 Å². The van der Waals surface area contributed by atoms with Crippen molar-refractivity contribution in [3.05, 3.63) is 78.0 Å². The van der Waals surface area contributed by atoms with E-state index in [1.165, 1.54) is 0 Å². The fourth-order valence-electron chi connectivity index (χ4n) is 5.25. The summed E-state index contributed by atoms with van der Waals surface area (Å²) in [6, 6.07) is 17.1. The number of Topliss-reactive ketones (excluding diaryl/α,β-unsaturated/α-hetero) is 1. The van der Waals surface area contributed by atoms with Crippen molar-refractivity contribution in [2.75, 3.05) is 6.54 Å². The number of nitrogens with one attached hydrogen (secondary N) is 1. The van der Waals surface area contributed by atoms with Crippen molar-refractivity contribution in [2.45, 2.75) is 59.3 Å². The monoisotopic (exact) mass is 512 g/mol. The van der Waals surface area contributed by atoms with E-state index in [1.807, 2.05) is 61.5 Å². The van der Waals surface area contributed by atoms with E-state index in [0.29, 0.717) is 28.7 Å². The highest BCUT2D eigenvalue weighted by molar-refractivity contribution is 6.08. The molecule has 200 valence electrons. The van der Waals surface area contributed by atoms with Gasteiger partial charge in [-0.25, -0.2) is 0 Å². The number of primary amides is 1. The Labute approximate surface area is 227 Å². The van der Waals surface area contributed by atoms with Crippen LogP contribution in [0.25, 0.3) is 5.57 Å². The van der Waals surface area contributed by atoms with Gasteiger partial charge in [0.2, 0.25) is 5.78 Å². The largest absolute Gasteiger partial charge is 0.457 e. The number of allylic oxidation sites excluding steroid dienone is 1. The number of amides is 1. The van der Waals surface area contributed by atoms with Gasteiger partial charge < -0.3 is 15.8 Å². The molecule has 38 heavy (non-hydrogen) atoms. The van der Waals surface area contributed by atoms with Gasteiger partial charge in [0.05, 0.1) is 5.57 Å². The van der Waals surface area contributed by atoms with E-state index in [2.05, 4.69) is 30.7 Å². The second-order valence-electron chi connectivity index (χ2n) is 10.2. The van der Waals surface area contributed by atoms with E-state index in [9.17, 15) is 9.59 Å². The van der Waals surface area contributed by atoms with Crippen LogP contribution >= 0.6 is 0 Å². The van der Waals surface area contributed by atoms with Gasteiger partial charge in [-0.15, -0.1) is 0 Å². The van der Waals surface area contributed by atoms with E-state index < -0.39 is 5.91 Å². The first-order valence-corrected chi connectivity index (χ1v) is 13.5.